The molecule has 0 aliphatic rings. The molecule has 1 nitrogen and oxygen atoms in total. The van der Waals surface area contributed by atoms with Gasteiger partial charge >= 0.3 is 0 Å². The van der Waals surface area contributed by atoms with E-state index in [1.807, 2.05) is 0 Å². The fourth-order valence-electron chi connectivity index (χ4n) is 2.20. The van der Waals surface area contributed by atoms with Gasteiger partial charge in [0.05, 0.1) is 7.11 Å². The van der Waals surface area contributed by atoms with Crippen molar-refractivity contribution in [3.05, 3.63) is 64.5 Å². The van der Waals surface area contributed by atoms with E-state index in [2.05, 4.69) is 48.0 Å². The van der Waals surface area contributed by atoms with Crippen molar-refractivity contribution < 1.29 is 9.13 Å². The molecule has 0 fully saturated rings. The third-order valence-electron chi connectivity index (χ3n) is 3.52. The molecule has 2 aromatic rings. The average Bonchev–Trinajstić information content (AvgIpc) is 2.43. The van der Waals surface area contributed by atoms with Gasteiger partial charge in [-0.15, -0.1) is 0 Å². The molecule has 0 radical (unpaired) electrons. The van der Waals surface area contributed by atoms with Crippen molar-refractivity contribution >= 4 is 15.9 Å². The smallest absolute Gasteiger partial charge is 0.123 e. The molecule has 0 N–H and O–H groups in total. The Hall–Kier alpha value is -1.35. The highest BCUT2D eigenvalue weighted by molar-refractivity contribution is 9.09. The Morgan fingerprint density at radius 2 is 1.85 bits per heavy atom. The molecule has 1 atom stereocenters. The molecule has 0 amide bonds. The first kappa shape index (κ1) is 15.0. The SMILES string of the molecule is COc1ccc(F)cc1C(Br)Cc1ccc(C)c(C)c1. The highest BCUT2D eigenvalue weighted by atomic mass is 79.9. The lowest BCUT2D eigenvalue weighted by atomic mass is 10.00. The van der Waals surface area contributed by atoms with E-state index in [4.69, 9.17) is 4.74 Å². The van der Waals surface area contributed by atoms with Gasteiger partial charge in [-0.1, -0.05) is 34.1 Å². The molecule has 0 aliphatic carbocycles. The summed E-state index contributed by atoms with van der Waals surface area (Å²) in [6.45, 7) is 4.20. The minimum absolute atomic E-state index is 0.0234. The predicted octanol–water partition coefficient (Wildman–Crippen LogP) is 5.13. The van der Waals surface area contributed by atoms with Crippen molar-refractivity contribution in [3.63, 3.8) is 0 Å². The molecule has 0 aromatic heterocycles. The van der Waals surface area contributed by atoms with Crippen molar-refractivity contribution in [2.45, 2.75) is 25.1 Å². The number of halogens is 2. The Labute approximate surface area is 127 Å². The number of ether oxygens (including phenoxy) is 1. The molecule has 2 aromatic carbocycles. The maximum absolute atomic E-state index is 13.4. The summed E-state index contributed by atoms with van der Waals surface area (Å²) in [7, 11) is 1.60. The summed E-state index contributed by atoms with van der Waals surface area (Å²) in [4.78, 5) is 0.0234. The van der Waals surface area contributed by atoms with Gasteiger partial charge in [-0.25, -0.2) is 4.39 Å². The van der Waals surface area contributed by atoms with Gasteiger partial charge in [-0.05, 0) is 55.2 Å². The second kappa shape index (κ2) is 6.40. The van der Waals surface area contributed by atoms with Crippen LogP contribution in [-0.4, -0.2) is 7.11 Å². The van der Waals surface area contributed by atoms with Crippen molar-refractivity contribution in [1.29, 1.82) is 0 Å². The third kappa shape index (κ3) is 3.40. The molecule has 20 heavy (non-hydrogen) atoms. The van der Waals surface area contributed by atoms with Gasteiger partial charge < -0.3 is 4.74 Å². The van der Waals surface area contributed by atoms with Gasteiger partial charge in [0.1, 0.15) is 11.6 Å². The van der Waals surface area contributed by atoms with E-state index in [0.717, 1.165) is 12.0 Å². The summed E-state index contributed by atoms with van der Waals surface area (Å²) < 4.78 is 18.7. The summed E-state index contributed by atoms with van der Waals surface area (Å²) >= 11 is 3.64. The maximum atomic E-state index is 13.4. The molecule has 0 bridgehead atoms. The van der Waals surface area contributed by atoms with Crippen molar-refractivity contribution in [2.24, 2.45) is 0 Å². The average molecular weight is 337 g/mol. The van der Waals surface area contributed by atoms with E-state index in [9.17, 15) is 4.39 Å². The minimum atomic E-state index is -0.245. The van der Waals surface area contributed by atoms with Crippen molar-refractivity contribution in [1.82, 2.24) is 0 Å². The van der Waals surface area contributed by atoms with Gasteiger partial charge in [0, 0.05) is 10.4 Å². The minimum Gasteiger partial charge on any atom is -0.496 e. The lowest BCUT2D eigenvalue weighted by Crippen LogP contribution is -2.00. The van der Waals surface area contributed by atoms with E-state index < -0.39 is 0 Å². The molecule has 106 valence electrons. The summed E-state index contributed by atoms with van der Waals surface area (Å²) in [6.07, 6.45) is 0.793. The first-order chi connectivity index (χ1) is 9.51. The van der Waals surface area contributed by atoms with Crippen molar-refractivity contribution in [2.75, 3.05) is 7.11 Å². The van der Waals surface area contributed by atoms with Gasteiger partial charge in [-0.3, -0.25) is 0 Å². The monoisotopic (exact) mass is 336 g/mol. The molecule has 3 heteroatoms. The predicted molar refractivity (Wildman–Crippen MR) is 84.2 cm³/mol. The first-order valence-electron chi connectivity index (χ1n) is 6.55. The first-order valence-corrected chi connectivity index (χ1v) is 7.46. The summed E-state index contributed by atoms with van der Waals surface area (Å²) in [5.41, 5.74) is 4.61. The number of alkyl halides is 1. The van der Waals surface area contributed by atoms with E-state index in [1.165, 1.54) is 28.8 Å². The number of rotatable bonds is 4. The zero-order valence-corrected chi connectivity index (χ0v) is 13.5. The third-order valence-corrected chi connectivity index (χ3v) is 4.33. The van der Waals surface area contributed by atoms with Crippen LogP contribution in [0.15, 0.2) is 36.4 Å². The Morgan fingerprint density at radius 1 is 1.10 bits per heavy atom. The van der Waals surface area contributed by atoms with E-state index in [1.54, 1.807) is 13.2 Å². The van der Waals surface area contributed by atoms with Crippen LogP contribution in [0, 0.1) is 19.7 Å². The van der Waals surface area contributed by atoms with Gasteiger partial charge in [-0.2, -0.15) is 0 Å². The largest absolute Gasteiger partial charge is 0.496 e. The molecule has 0 saturated heterocycles. The summed E-state index contributed by atoms with van der Waals surface area (Å²) in [5.74, 6) is 0.461. The second-order valence-electron chi connectivity index (χ2n) is 4.98. The van der Waals surface area contributed by atoms with Crippen molar-refractivity contribution in [3.8, 4) is 5.75 Å². The highest BCUT2D eigenvalue weighted by Gasteiger charge is 2.15. The van der Waals surface area contributed by atoms with Crippen LogP contribution < -0.4 is 4.74 Å². The highest BCUT2D eigenvalue weighted by Crippen LogP contribution is 2.34. The Bertz CT molecular complexity index is 610. The lowest BCUT2D eigenvalue weighted by Gasteiger charge is -2.15. The standard InChI is InChI=1S/C17H18BrFO/c1-11-4-5-13(8-12(11)2)9-16(18)15-10-14(19)6-7-17(15)20-3/h4-8,10,16H,9H2,1-3H3. The Morgan fingerprint density at radius 3 is 2.50 bits per heavy atom. The van der Waals surface area contributed by atoms with E-state index in [0.29, 0.717) is 5.75 Å². The topological polar surface area (TPSA) is 9.23 Å². The van der Waals surface area contributed by atoms with Crippen LogP contribution in [0.1, 0.15) is 27.1 Å². The van der Waals surface area contributed by atoms with Gasteiger partial charge in [0.25, 0.3) is 0 Å². The maximum Gasteiger partial charge on any atom is 0.123 e. The normalized spacial score (nSPS) is 12.2. The molecular weight excluding hydrogens is 319 g/mol. The van der Waals surface area contributed by atoms with Crippen LogP contribution in [0.2, 0.25) is 0 Å². The Kier molecular flexibility index (Phi) is 4.81. The van der Waals surface area contributed by atoms with Crippen LogP contribution in [-0.2, 0) is 6.42 Å². The van der Waals surface area contributed by atoms with Crippen LogP contribution in [0.4, 0.5) is 4.39 Å². The zero-order valence-electron chi connectivity index (χ0n) is 11.9. The van der Waals surface area contributed by atoms with Crippen LogP contribution in [0.25, 0.3) is 0 Å². The summed E-state index contributed by atoms with van der Waals surface area (Å²) in [6, 6.07) is 11.0. The quantitative estimate of drug-likeness (QED) is 0.703. The number of hydrogen-bond donors (Lipinski definition) is 0. The van der Waals surface area contributed by atoms with E-state index >= 15 is 0 Å². The number of hydrogen-bond acceptors (Lipinski definition) is 1. The second-order valence-corrected chi connectivity index (χ2v) is 6.08. The lowest BCUT2D eigenvalue weighted by molar-refractivity contribution is 0.408. The molecular formula is C17H18BrFO. The molecule has 0 spiro atoms. The zero-order chi connectivity index (χ0) is 14.7. The van der Waals surface area contributed by atoms with Gasteiger partial charge in [0.15, 0.2) is 0 Å². The molecule has 2 rings (SSSR count). The van der Waals surface area contributed by atoms with Crippen LogP contribution >= 0.6 is 15.9 Å². The molecule has 0 aliphatic heterocycles. The summed E-state index contributed by atoms with van der Waals surface area (Å²) in [5, 5.41) is 0. The fourth-order valence-corrected chi connectivity index (χ4v) is 2.93. The molecule has 0 saturated carbocycles. The Balaban J connectivity index is 2.25. The van der Waals surface area contributed by atoms with Gasteiger partial charge in [0.2, 0.25) is 0 Å². The fraction of sp³-hybridized carbons (Fsp3) is 0.294. The number of aryl methyl sites for hydroxylation is 2. The van der Waals surface area contributed by atoms with Crippen LogP contribution in [0.5, 0.6) is 5.75 Å². The number of benzene rings is 2. The van der Waals surface area contributed by atoms with Crippen LogP contribution in [0.3, 0.4) is 0 Å². The molecule has 1 unspecified atom stereocenters. The number of methoxy groups -OCH3 is 1. The molecule has 0 heterocycles. The van der Waals surface area contributed by atoms with E-state index in [-0.39, 0.29) is 10.6 Å².